The molecule has 0 aliphatic carbocycles. The minimum Gasteiger partial charge on any atom is -0.383 e. The molecule has 0 fully saturated rings. The maximum atomic E-state index is 13.2. The fraction of sp³-hybridized carbons (Fsp3) is 0.353. The number of carbonyl (C=O) groups is 2. The molecule has 9 heteroatoms. The molecular weight excluding hydrogens is 363 g/mol. The molecule has 1 aliphatic heterocycles. The Morgan fingerprint density at radius 3 is 2.88 bits per heavy atom. The van der Waals surface area contributed by atoms with E-state index < -0.39 is 5.82 Å². The molecule has 0 radical (unpaired) electrons. The Balaban J connectivity index is 1.57. The van der Waals surface area contributed by atoms with Crippen LogP contribution in [0.5, 0.6) is 0 Å². The van der Waals surface area contributed by atoms with Gasteiger partial charge in [0.05, 0.1) is 24.2 Å². The molecule has 1 atom stereocenters. The molecule has 7 nitrogen and oxygen atoms in total. The average Bonchev–Trinajstić information content (AvgIpc) is 3.16. The Kier molecular flexibility index (Phi) is 5.53. The topological polar surface area (TPSA) is 85.2 Å². The van der Waals surface area contributed by atoms with Crippen LogP contribution in [0, 0.1) is 5.82 Å². The summed E-state index contributed by atoms with van der Waals surface area (Å²) in [5, 5.41) is 9.75. The van der Waals surface area contributed by atoms with Gasteiger partial charge in [0, 0.05) is 31.3 Å². The Bertz CT molecular complexity index is 816. The van der Waals surface area contributed by atoms with Crippen LogP contribution in [0.1, 0.15) is 26.5 Å². The fourth-order valence-corrected chi connectivity index (χ4v) is 2.96. The van der Waals surface area contributed by atoms with E-state index in [1.807, 2.05) is 0 Å². The van der Waals surface area contributed by atoms with Crippen molar-refractivity contribution in [3.8, 4) is 0 Å². The number of fused-ring (bicyclic) bond motifs is 1. The second-order valence-corrected chi connectivity index (χ2v) is 6.36. The van der Waals surface area contributed by atoms with Crippen LogP contribution in [0.15, 0.2) is 24.3 Å². The van der Waals surface area contributed by atoms with Gasteiger partial charge in [0.1, 0.15) is 11.5 Å². The predicted molar refractivity (Wildman–Crippen MR) is 92.8 cm³/mol. The monoisotopic (exact) mass is 380 g/mol. The molecule has 2 aromatic rings. The van der Waals surface area contributed by atoms with Crippen molar-refractivity contribution in [2.45, 2.75) is 19.0 Å². The van der Waals surface area contributed by atoms with E-state index in [2.05, 4.69) is 15.7 Å². The minimum atomic E-state index is -0.569. The Morgan fingerprint density at radius 1 is 1.38 bits per heavy atom. The molecule has 1 aliphatic rings. The third kappa shape index (κ3) is 4.03. The summed E-state index contributed by atoms with van der Waals surface area (Å²) in [6.45, 7) is 1.30. The van der Waals surface area contributed by atoms with E-state index in [9.17, 15) is 14.0 Å². The lowest BCUT2D eigenvalue weighted by Crippen LogP contribution is -2.36. The van der Waals surface area contributed by atoms with Crippen molar-refractivity contribution in [2.24, 2.45) is 0 Å². The SMILES string of the molecule is COCCNC(=O)c1cc2n(n1)CC(NC(=O)c1ccc(F)c(Cl)c1)C2. The van der Waals surface area contributed by atoms with Crippen LogP contribution in [0.2, 0.25) is 5.02 Å². The number of aromatic nitrogens is 2. The highest BCUT2D eigenvalue weighted by Gasteiger charge is 2.26. The van der Waals surface area contributed by atoms with E-state index in [0.29, 0.717) is 37.4 Å². The van der Waals surface area contributed by atoms with Gasteiger partial charge in [-0.05, 0) is 24.3 Å². The summed E-state index contributed by atoms with van der Waals surface area (Å²) in [5.74, 6) is -1.16. The number of amides is 2. The molecule has 2 heterocycles. The van der Waals surface area contributed by atoms with Crippen molar-refractivity contribution in [3.63, 3.8) is 0 Å². The summed E-state index contributed by atoms with van der Waals surface area (Å²) in [4.78, 5) is 24.2. The first-order valence-electron chi connectivity index (χ1n) is 8.07. The summed E-state index contributed by atoms with van der Waals surface area (Å²) in [5.41, 5.74) is 1.50. The third-order valence-corrected chi connectivity index (χ3v) is 4.34. The van der Waals surface area contributed by atoms with Crippen LogP contribution in [0.25, 0.3) is 0 Å². The second kappa shape index (κ2) is 7.84. The molecular formula is C17H18ClFN4O3. The third-order valence-electron chi connectivity index (χ3n) is 4.05. The smallest absolute Gasteiger partial charge is 0.271 e. The molecule has 1 aromatic heterocycles. The number of hydrogen-bond acceptors (Lipinski definition) is 4. The van der Waals surface area contributed by atoms with Crippen molar-refractivity contribution in [1.29, 1.82) is 0 Å². The van der Waals surface area contributed by atoms with E-state index in [0.717, 1.165) is 11.8 Å². The lowest BCUT2D eigenvalue weighted by Gasteiger charge is -2.12. The zero-order valence-corrected chi connectivity index (χ0v) is 14.8. The van der Waals surface area contributed by atoms with E-state index in [1.54, 1.807) is 17.9 Å². The number of rotatable bonds is 6. The number of ether oxygens (including phenoxy) is 1. The van der Waals surface area contributed by atoms with E-state index in [-0.39, 0.29) is 22.9 Å². The number of benzene rings is 1. The summed E-state index contributed by atoms with van der Waals surface area (Å²) < 4.78 is 19.8. The van der Waals surface area contributed by atoms with Crippen LogP contribution in [-0.4, -0.2) is 47.9 Å². The standard InChI is InChI=1S/C17H18ClFN4O3/c1-26-5-4-20-17(25)15-8-12-7-11(9-23(12)22-15)21-16(24)10-2-3-14(19)13(18)6-10/h2-3,6,8,11H,4-5,7,9H2,1H3,(H,20,25)(H,21,24). The zero-order chi connectivity index (χ0) is 18.7. The minimum absolute atomic E-state index is 0.0962. The van der Waals surface area contributed by atoms with E-state index in [4.69, 9.17) is 16.3 Å². The molecule has 3 rings (SSSR count). The molecule has 26 heavy (non-hydrogen) atoms. The van der Waals surface area contributed by atoms with Crippen LogP contribution in [0.3, 0.4) is 0 Å². The first-order chi connectivity index (χ1) is 12.5. The van der Waals surface area contributed by atoms with Crippen molar-refractivity contribution in [3.05, 3.63) is 52.1 Å². The number of hydrogen-bond donors (Lipinski definition) is 2. The number of nitrogens with one attached hydrogen (secondary N) is 2. The fourth-order valence-electron chi connectivity index (χ4n) is 2.77. The van der Waals surface area contributed by atoms with Gasteiger partial charge in [-0.2, -0.15) is 5.10 Å². The maximum absolute atomic E-state index is 13.2. The molecule has 138 valence electrons. The number of halogens is 2. The quantitative estimate of drug-likeness (QED) is 0.742. The molecule has 0 bridgehead atoms. The second-order valence-electron chi connectivity index (χ2n) is 5.96. The Labute approximate surface area is 154 Å². The van der Waals surface area contributed by atoms with Crippen molar-refractivity contribution >= 4 is 23.4 Å². The zero-order valence-electron chi connectivity index (χ0n) is 14.1. The van der Waals surface area contributed by atoms with Gasteiger partial charge in [-0.1, -0.05) is 11.6 Å². The van der Waals surface area contributed by atoms with Gasteiger partial charge in [-0.25, -0.2) is 4.39 Å². The molecule has 0 saturated carbocycles. The summed E-state index contributed by atoms with van der Waals surface area (Å²) >= 11 is 5.71. The Morgan fingerprint density at radius 2 is 2.19 bits per heavy atom. The van der Waals surface area contributed by atoms with E-state index >= 15 is 0 Å². The Hall–Kier alpha value is -2.45. The highest BCUT2D eigenvalue weighted by molar-refractivity contribution is 6.31. The molecule has 0 spiro atoms. The molecule has 1 aromatic carbocycles. The molecule has 2 N–H and O–H groups in total. The lowest BCUT2D eigenvalue weighted by molar-refractivity contribution is 0.0921. The van der Waals surface area contributed by atoms with E-state index in [1.165, 1.54) is 12.1 Å². The van der Waals surface area contributed by atoms with Crippen LogP contribution in [0.4, 0.5) is 4.39 Å². The average molecular weight is 381 g/mol. The maximum Gasteiger partial charge on any atom is 0.271 e. The number of nitrogens with zero attached hydrogens (tertiary/aromatic N) is 2. The summed E-state index contributed by atoms with van der Waals surface area (Å²) in [6, 6.07) is 5.39. The van der Waals surface area contributed by atoms with Crippen LogP contribution in [-0.2, 0) is 17.7 Å². The predicted octanol–water partition coefficient (Wildman–Crippen LogP) is 1.41. The summed E-state index contributed by atoms with van der Waals surface area (Å²) in [7, 11) is 1.56. The van der Waals surface area contributed by atoms with Gasteiger partial charge in [-0.15, -0.1) is 0 Å². The molecule has 0 saturated heterocycles. The van der Waals surface area contributed by atoms with Gasteiger partial charge >= 0.3 is 0 Å². The largest absolute Gasteiger partial charge is 0.383 e. The van der Waals surface area contributed by atoms with Crippen molar-refractivity contribution in [2.75, 3.05) is 20.3 Å². The normalized spacial score (nSPS) is 15.6. The van der Waals surface area contributed by atoms with Gasteiger partial charge in [-0.3, -0.25) is 14.3 Å². The molecule has 1 unspecified atom stereocenters. The first-order valence-corrected chi connectivity index (χ1v) is 8.45. The highest BCUT2D eigenvalue weighted by Crippen LogP contribution is 2.19. The van der Waals surface area contributed by atoms with Crippen molar-refractivity contribution in [1.82, 2.24) is 20.4 Å². The number of carbonyl (C=O) groups excluding carboxylic acids is 2. The first kappa shape index (κ1) is 18.3. The van der Waals surface area contributed by atoms with Gasteiger partial charge < -0.3 is 15.4 Å². The van der Waals surface area contributed by atoms with Gasteiger partial charge in [0.15, 0.2) is 0 Å². The van der Waals surface area contributed by atoms with Crippen LogP contribution < -0.4 is 10.6 Å². The summed E-state index contributed by atoms with van der Waals surface area (Å²) in [6.07, 6.45) is 0.555. The van der Waals surface area contributed by atoms with Gasteiger partial charge in [0.25, 0.3) is 11.8 Å². The van der Waals surface area contributed by atoms with Crippen LogP contribution >= 0.6 is 11.6 Å². The highest BCUT2D eigenvalue weighted by atomic mass is 35.5. The number of methoxy groups -OCH3 is 1. The van der Waals surface area contributed by atoms with Crippen molar-refractivity contribution < 1.29 is 18.7 Å². The van der Waals surface area contributed by atoms with Gasteiger partial charge in [0.2, 0.25) is 0 Å². The lowest BCUT2D eigenvalue weighted by atomic mass is 10.1. The molecule has 2 amide bonds.